The quantitative estimate of drug-likeness (QED) is 0.218. The highest BCUT2D eigenvalue weighted by Gasteiger charge is 2.56. The van der Waals surface area contributed by atoms with E-state index in [1.165, 1.54) is 14.2 Å². The SMILES string of the molecule is C=CC/C1=C\C(C)CC(C)CC(OC)C2OC(O)(C(=O)C(=O)N3CCCCC3C(=O)OC(C(C)=Cc3ccncc3)C(N)C(O)CC1=O)C(C)CC2OC. The summed E-state index contributed by atoms with van der Waals surface area (Å²) >= 11 is 0. The first-order valence-corrected chi connectivity index (χ1v) is 19.0. The molecule has 2 saturated heterocycles. The first-order chi connectivity index (χ1) is 25.6. The van der Waals surface area contributed by atoms with E-state index in [9.17, 15) is 29.4 Å². The van der Waals surface area contributed by atoms with Gasteiger partial charge in [0.25, 0.3) is 11.7 Å². The van der Waals surface area contributed by atoms with Gasteiger partial charge in [0.05, 0.1) is 24.4 Å². The molecule has 4 N–H and O–H groups in total. The van der Waals surface area contributed by atoms with Crippen molar-refractivity contribution in [3.63, 3.8) is 0 Å². The molecule has 54 heavy (non-hydrogen) atoms. The molecule has 1 aromatic rings. The molecular weight excluding hydrogens is 694 g/mol. The number of methoxy groups -OCH3 is 2. The van der Waals surface area contributed by atoms with Crippen LogP contribution in [-0.2, 0) is 38.1 Å². The van der Waals surface area contributed by atoms with Crippen LogP contribution in [0.3, 0.4) is 0 Å². The molecule has 13 heteroatoms. The lowest BCUT2D eigenvalue weighted by atomic mass is 9.81. The first kappa shape index (κ1) is 43.1. The van der Waals surface area contributed by atoms with E-state index >= 15 is 0 Å². The van der Waals surface area contributed by atoms with Crippen molar-refractivity contribution < 1.29 is 48.3 Å². The van der Waals surface area contributed by atoms with Gasteiger partial charge in [-0.2, -0.15) is 0 Å². The fourth-order valence-electron chi connectivity index (χ4n) is 8.04. The number of ketones is 2. The molecule has 1 amide bonds. The number of esters is 1. The smallest absolute Gasteiger partial charge is 0.329 e. The number of cyclic esters (lactones) is 1. The van der Waals surface area contributed by atoms with Crippen molar-refractivity contribution in [2.45, 2.75) is 127 Å². The fraction of sp³-hybridized carbons (Fsp3) is 0.634. The average molecular weight is 754 g/mol. The standard InChI is InChI=1S/C41H59N3O10/c1-8-11-29-19-24(2)18-25(3)20-33(51-6)37-34(52-7)22-27(5)41(50,54-37)38(47)39(48)44-17-10-9-12-30(44)40(49)53-36(35(42)32(46)23-31(29)45)26(4)21-28-13-15-43-16-14-28/h8,13-16,19,21,24-25,27,30,32-37,46,50H,1,9-12,17-18,20,22-23,42H2,2-7H3/b26-21?,29-19+. The van der Waals surface area contributed by atoms with Gasteiger partial charge < -0.3 is 39.8 Å². The second kappa shape index (κ2) is 19.3. The second-order valence-corrected chi connectivity index (χ2v) is 15.3. The third-order valence-corrected chi connectivity index (χ3v) is 11.1. The van der Waals surface area contributed by atoms with E-state index in [-0.39, 0.29) is 49.8 Å². The number of carbonyl (C=O) groups is 4. The molecule has 298 valence electrons. The van der Waals surface area contributed by atoms with E-state index in [2.05, 4.69) is 11.6 Å². The highest BCUT2D eigenvalue weighted by atomic mass is 16.7. The molecule has 0 spiro atoms. The van der Waals surface area contributed by atoms with Gasteiger partial charge >= 0.3 is 5.97 Å². The van der Waals surface area contributed by atoms with Gasteiger partial charge in [-0.3, -0.25) is 19.4 Å². The molecule has 11 unspecified atom stereocenters. The predicted molar refractivity (Wildman–Crippen MR) is 201 cm³/mol. The van der Waals surface area contributed by atoms with Crippen LogP contribution in [0.5, 0.6) is 0 Å². The van der Waals surface area contributed by atoms with Crippen molar-refractivity contribution >= 4 is 29.5 Å². The topological polar surface area (TPSA) is 188 Å². The number of piperidine rings is 1. The minimum atomic E-state index is -2.52. The van der Waals surface area contributed by atoms with Gasteiger partial charge in [0, 0.05) is 45.5 Å². The molecule has 2 fully saturated rings. The number of aliphatic hydroxyl groups excluding tert-OH is 1. The summed E-state index contributed by atoms with van der Waals surface area (Å²) in [6.45, 7) is 11.2. The maximum atomic E-state index is 14.1. The Bertz CT molecular complexity index is 1550. The summed E-state index contributed by atoms with van der Waals surface area (Å²) in [6.07, 6.45) is 6.27. The van der Waals surface area contributed by atoms with Gasteiger partial charge in [-0.1, -0.05) is 39.0 Å². The van der Waals surface area contributed by atoms with Crippen LogP contribution in [0.4, 0.5) is 0 Å². The third-order valence-electron chi connectivity index (χ3n) is 11.1. The zero-order valence-electron chi connectivity index (χ0n) is 32.5. The summed E-state index contributed by atoms with van der Waals surface area (Å²) in [7, 11) is 3.04. The van der Waals surface area contributed by atoms with E-state index in [0.29, 0.717) is 36.8 Å². The Morgan fingerprint density at radius 1 is 1.07 bits per heavy atom. The van der Waals surface area contributed by atoms with Crippen molar-refractivity contribution in [1.29, 1.82) is 0 Å². The van der Waals surface area contributed by atoms with Crippen LogP contribution in [0.15, 0.2) is 54.4 Å². The number of rotatable bonds is 6. The number of Topliss-reactive ketones (excluding diaryl/α,β-unsaturated/α-hetero) is 2. The maximum Gasteiger partial charge on any atom is 0.329 e. The van der Waals surface area contributed by atoms with Gasteiger partial charge in [-0.05, 0) is 92.5 Å². The number of nitrogens with zero attached hydrogens (tertiary/aromatic N) is 2. The average Bonchev–Trinajstić information content (AvgIpc) is 3.15. The number of allylic oxidation sites excluding steroid dienone is 3. The Labute approximate surface area is 318 Å². The van der Waals surface area contributed by atoms with E-state index in [1.807, 2.05) is 19.9 Å². The van der Waals surface area contributed by atoms with Gasteiger partial charge in [0.15, 0.2) is 5.78 Å². The number of amides is 1. The molecule has 0 radical (unpaired) electrons. The van der Waals surface area contributed by atoms with E-state index in [4.69, 9.17) is 24.7 Å². The van der Waals surface area contributed by atoms with Crippen LogP contribution in [0, 0.1) is 17.8 Å². The summed E-state index contributed by atoms with van der Waals surface area (Å²) in [6, 6.07) is 1.07. The van der Waals surface area contributed by atoms with Gasteiger partial charge in [0.1, 0.15) is 18.2 Å². The Morgan fingerprint density at radius 3 is 2.39 bits per heavy atom. The molecule has 1 aromatic heterocycles. The van der Waals surface area contributed by atoms with E-state index in [1.54, 1.807) is 50.5 Å². The Morgan fingerprint density at radius 2 is 1.74 bits per heavy atom. The van der Waals surface area contributed by atoms with Crippen LogP contribution in [0.1, 0.15) is 84.6 Å². The predicted octanol–water partition coefficient (Wildman–Crippen LogP) is 3.71. The van der Waals surface area contributed by atoms with Crippen molar-refractivity contribution in [3.05, 3.63) is 60.0 Å². The summed E-state index contributed by atoms with van der Waals surface area (Å²) in [5.41, 5.74) is 8.34. The molecule has 3 aliphatic rings. The number of hydrogen-bond acceptors (Lipinski definition) is 12. The zero-order valence-corrected chi connectivity index (χ0v) is 32.5. The monoisotopic (exact) mass is 753 g/mol. The van der Waals surface area contributed by atoms with Crippen molar-refractivity contribution in [3.8, 4) is 0 Å². The minimum Gasteiger partial charge on any atom is -0.455 e. The molecule has 11 atom stereocenters. The molecule has 3 aliphatic heterocycles. The second-order valence-electron chi connectivity index (χ2n) is 15.3. The lowest BCUT2D eigenvalue weighted by Crippen LogP contribution is -2.64. The van der Waals surface area contributed by atoms with Crippen LogP contribution in [0.25, 0.3) is 6.08 Å². The normalized spacial score (nSPS) is 36.6. The Kier molecular flexibility index (Phi) is 15.4. The molecule has 0 aliphatic carbocycles. The number of ether oxygens (including phenoxy) is 4. The van der Waals surface area contributed by atoms with Crippen LogP contribution < -0.4 is 5.73 Å². The molecule has 4 rings (SSSR count). The summed E-state index contributed by atoms with van der Waals surface area (Å²) in [5.74, 6) is -6.81. The number of carbonyl (C=O) groups excluding carboxylic acids is 4. The molecule has 13 nitrogen and oxygen atoms in total. The van der Waals surface area contributed by atoms with E-state index in [0.717, 1.165) is 10.5 Å². The number of aliphatic hydroxyl groups is 2. The minimum absolute atomic E-state index is 0.0217. The van der Waals surface area contributed by atoms with Crippen LogP contribution >= 0.6 is 0 Å². The highest BCUT2D eigenvalue weighted by Crippen LogP contribution is 2.39. The Balaban J connectivity index is 1.80. The summed E-state index contributed by atoms with van der Waals surface area (Å²) in [4.78, 5) is 61.3. The maximum absolute atomic E-state index is 14.1. The molecule has 4 heterocycles. The number of fused-ring (bicyclic) bond motifs is 3. The molecule has 2 bridgehead atoms. The van der Waals surface area contributed by atoms with Crippen molar-refractivity contribution in [2.24, 2.45) is 23.5 Å². The van der Waals surface area contributed by atoms with Gasteiger partial charge in [0.2, 0.25) is 5.79 Å². The highest BCUT2D eigenvalue weighted by molar-refractivity contribution is 6.39. The number of nitrogens with two attached hydrogens (primary N) is 1. The van der Waals surface area contributed by atoms with Gasteiger partial charge in [-0.25, -0.2) is 4.79 Å². The lowest BCUT2D eigenvalue weighted by Gasteiger charge is -2.47. The van der Waals surface area contributed by atoms with E-state index < -0.39 is 72.0 Å². The molecular formula is C41H59N3O10. The summed E-state index contributed by atoms with van der Waals surface area (Å²) < 4.78 is 23.9. The first-order valence-electron chi connectivity index (χ1n) is 19.0. The van der Waals surface area contributed by atoms with Gasteiger partial charge in [-0.15, -0.1) is 6.58 Å². The van der Waals surface area contributed by atoms with Crippen molar-refractivity contribution in [2.75, 3.05) is 20.8 Å². The Hall–Kier alpha value is -3.59. The zero-order chi connectivity index (χ0) is 39.7. The third kappa shape index (κ3) is 10.2. The molecule has 0 aromatic carbocycles. The van der Waals surface area contributed by atoms with Crippen molar-refractivity contribution in [1.82, 2.24) is 9.88 Å². The van der Waals surface area contributed by atoms with Crippen LogP contribution in [-0.4, -0.2) is 113 Å². The molecule has 0 saturated carbocycles. The largest absolute Gasteiger partial charge is 0.455 e. The van der Waals surface area contributed by atoms with Crippen LogP contribution in [0.2, 0.25) is 0 Å². The lowest BCUT2D eigenvalue weighted by molar-refractivity contribution is -0.302. The fourth-order valence-corrected chi connectivity index (χ4v) is 8.04. The summed E-state index contributed by atoms with van der Waals surface area (Å²) in [5, 5.41) is 23.4. The number of aromatic nitrogens is 1. The number of hydrogen-bond donors (Lipinski definition) is 3. The number of pyridine rings is 1.